The Morgan fingerprint density at radius 2 is 2.00 bits per heavy atom. The zero-order valence-electron chi connectivity index (χ0n) is 8.14. The van der Waals surface area contributed by atoms with Crippen LogP contribution in [0.3, 0.4) is 0 Å². The van der Waals surface area contributed by atoms with E-state index in [9.17, 15) is 0 Å². The lowest BCUT2D eigenvalue weighted by atomic mass is 9.97. The lowest BCUT2D eigenvalue weighted by molar-refractivity contribution is 0.419. The molecule has 0 heterocycles. The minimum absolute atomic E-state index is 0.400. The minimum atomic E-state index is 0.400. The topological polar surface area (TPSA) is 38.0 Å². The van der Waals surface area contributed by atoms with Gasteiger partial charge in [0.05, 0.1) is 0 Å². The predicted molar refractivity (Wildman–Crippen MR) is 52.5 cm³/mol. The van der Waals surface area contributed by atoms with Gasteiger partial charge in [-0.1, -0.05) is 24.5 Å². The summed E-state index contributed by atoms with van der Waals surface area (Å²) >= 11 is 0. The van der Waals surface area contributed by atoms with E-state index >= 15 is 0 Å². The molecule has 0 spiro atoms. The average Bonchev–Trinajstić information content (AvgIpc) is 2.51. The fourth-order valence-corrected chi connectivity index (χ4v) is 2.00. The molecule has 0 bridgehead atoms. The maximum atomic E-state index is 5.51. The van der Waals surface area contributed by atoms with Gasteiger partial charge in [0.2, 0.25) is 0 Å². The average molecular weight is 168 g/mol. The molecule has 0 amide bonds. The summed E-state index contributed by atoms with van der Waals surface area (Å²) < 4.78 is 0. The lowest BCUT2D eigenvalue weighted by Crippen LogP contribution is -2.38. The summed E-state index contributed by atoms with van der Waals surface area (Å²) in [6, 6.07) is 0.400. The molecule has 1 atom stereocenters. The van der Waals surface area contributed by atoms with Crippen molar-refractivity contribution in [1.82, 2.24) is 5.43 Å². The SMILES string of the molecule is CC(C)=CC(NN)C1CCCC1. The molecule has 1 fully saturated rings. The Morgan fingerprint density at radius 3 is 2.42 bits per heavy atom. The molecule has 0 aliphatic heterocycles. The fraction of sp³-hybridized carbons (Fsp3) is 0.800. The summed E-state index contributed by atoms with van der Waals surface area (Å²) in [7, 11) is 0. The second kappa shape index (κ2) is 4.63. The van der Waals surface area contributed by atoms with Crippen LogP contribution in [0.25, 0.3) is 0 Å². The molecule has 0 radical (unpaired) electrons. The van der Waals surface area contributed by atoms with E-state index in [1.807, 2.05) is 0 Å². The smallest absolute Gasteiger partial charge is 0.0421 e. The van der Waals surface area contributed by atoms with Crippen LogP contribution in [0.15, 0.2) is 11.6 Å². The molecule has 1 saturated carbocycles. The van der Waals surface area contributed by atoms with Crippen molar-refractivity contribution in [2.24, 2.45) is 11.8 Å². The van der Waals surface area contributed by atoms with Gasteiger partial charge in [0, 0.05) is 6.04 Å². The van der Waals surface area contributed by atoms with Crippen LogP contribution in [0.5, 0.6) is 0 Å². The molecule has 70 valence electrons. The Bertz CT molecular complexity index is 153. The molecular weight excluding hydrogens is 148 g/mol. The molecule has 0 saturated heterocycles. The molecule has 0 aromatic rings. The monoisotopic (exact) mass is 168 g/mol. The van der Waals surface area contributed by atoms with E-state index in [1.54, 1.807) is 0 Å². The van der Waals surface area contributed by atoms with Crippen LogP contribution in [-0.2, 0) is 0 Å². The van der Waals surface area contributed by atoms with Crippen LogP contribution < -0.4 is 11.3 Å². The van der Waals surface area contributed by atoms with Gasteiger partial charge in [0.25, 0.3) is 0 Å². The number of hydrazine groups is 1. The molecule has 1 aliphatic rings. The highest BCUT2D eigenvalue weighted by molar-refractivity contribution is 5.03. The third-order valence-corrected chi connectivity index (χ3v) is 2.61. The summed E-state index contributed by atoms with van der Waals surface area (Å²) in [5.41, 5.74) is 4.25. The van der Waals surface area contributed by atoms with Gasteiger partial charge in [-0.15, -0.1) is 0 Å². The summed E-state index contributed by atoms with van der Waals surface area (Å²) in [5, 5.41) is 0. The predicted octanol–water partition coefficient (Wildman–Crippen LogP) is 1.97. The van der Waals surface area contributed by atoms with Gasteiger partial charge >= 0.3 is 0 Å². The molecule has 2 nitrogen and oxygen atoms in total. The first kappa shape index (κ1) is 9.75. The normalized spacial score (nSPS) is 20.9. The van der Waals surface area contributed by atoms with Gasteiger partial charge in [-0.05, 0) is 32.6 Å². The van der Waals surface area contributed by atoms with Gasteiger partial charge < -0.3 is 0 Å². The third-order valence-electron chi connectivity index (χ3n) is 2.61. The van der Waals surface area contributed by atoms with Crippen molar-refractivity contribution in [2.75, 3.05) is 0 Å². The second-order valence-electron chi connectivity index (χ2n) is 3.98. The highest BCUT2D eigenvalue weighted by Crippen LogP contribution is 2.28. The molecule has 0 aromatic heterocycles. The van der Waals surface area contributed by atoms with E-state index in [2.05, 4.69) is 25.3 Å². The van der Waals surface area contributed by atoms with Crippen LogP contribution in [0, 0.1) is 5.92 Å². The van der Waals surface area contributed by atoms with Gasteiger partial charge in [-0.3, -0.25) is 11.3 Å². The number of hydrogen-bond donors (Lipinski definition) is 2. The lowest BCUT2D eigenvalue weighted by Gasteiger charge is -2.19. The number of hydrogen-bond acceptors (Lipinski definition) is 2. The first-order valence-corrected chi connectivity index (χ1v) is 4.85. The van der Waals surface area contributed by atoms with Crippen LogP contribution in [-0.4, -0.2) is 6.04 Å². The molecule has 12 heavy (non-hydrogen) atoms. The summed E-state index contributed by atoms with van der Waals surface area (Å²) in [6.45, 7) is 4.25. The Morgan fingerprint density at radius 1 is 1.42 bits per heavy atom. The van der Waals surface area contributed by atoms with E-state index < -0.39 is 0 Å². The van der Waals surface area contributed by atoms with Crippen molar-refractivity contribution in [3.8, 4) is 0 Å². The van der Waals surface area contributed by atoms with E-state index in [4.69, 9.17) is 5.84 Å². The summed E-state index contributed by atoms with van der Waals surface area (Å²) in [6.07, 6.45) is 7.66. The van der Waals surface area contributed by atoms with Crippen molar-refractivity contribution in [1.29, 1.82) is 0 Å². The van der Waals surface area contributed by atoms with Gasteiger partial charge in [0.15, 0.2) is 0 Å². The molecule has 3 N–H and O–H groups in total. The van der Waals surface area contributed by atoms with E-state index in [0.29, 0.717) is 6.04 Å². The third kappa shape index (κ3) is 2.61. The van der Waals surface area contributed by atoms with E-state index in [1.165, 1.54) is 31.3 Å². The highest BCUT2D eigenvalue weighted by atomic mass is 15.2. The molecular formula is C10H20N2. The Labute approximate surface area is 75.2 Å². The van der Waals surface area contributed by atoms with Crippen LogP contribution >= 0.6 is 0 Å². The van der Waals surface area contributed by atoms with E-state index in [0.717, 1.165) is 5.92 Å². The van der Waals surface area contributed by atoms with Gasteiger partial charge in [-0.2, -0.15) is 0 Å². The van der Waals surface area contributed by atoms with E-state index in [-0.39, 0.29) is 0 Å². The largest absolute Gasteiger partial charge is 0.271 e. The quantitative estimate of drug-likeness (QED) is 0.384. The maximum absolute atomic E-state index is 5.51. The van der Waals surface area contributed by atoms with Crippen molar-refractivity contribution >= 4 is 0 Å². The summed E-state index contributed by atoms with van der Waals surface area (Å²) in [4.78, 5) is 0. The van der Waals surface area contributed by atoms with Crippen molar-refractivity contribution < 1.29 is 0 Å². The molecule has 1 rings (SSSR count). The molecule has 2 heteroatoms. The number of rotatable bonds is 3. The zero-order chi connectivity index (χ0) is 8.97. The molecule has 1 unspecified atom stereocenters. The minimum Gasteiger partial charge on any atom is -0.271 e. The number of nitrogens with one attached hydrogen (secondary N) is 1. The van der Waals surface area contributed by atoms with Crippen LogP contribution in [0.2, 0.25) is 0 Å². The van der Waals surface area contributed by atoms with Gasteiger partial charge in [0.1, 0.15) is 0 Å². The standard InChI is InChI=1S/C10H20N2/c1-8(2)7-10(12-11)9-5-3-4-6-9/h7,9-10,12H,3-6,11H2,1-2H3. The summed E-state index contributed by atoms with van der Waals surface area (Å²) in [5.74, 6) is 6.27. The number of allylic oxidation sites excluding steroid dienone is 1. The molecule has 0 aromatic carbocycles. The molecule has 1 aliphatic carbocycles. The Hall–Kier alpha value is -0.340. The highest BCUT2D eigenvalue weighted by Gasteiger charge is 2.21. The van der Waals surface area contributed by atoms with Crippen LogP contribution in [0.4, 0.5) is 0 Å². The van der Waals surface area contributed by atoms with Crippen molar-refractivity contribution in [2.45, 2.75) is 45.6 Å². The number of nitrogens with two attached hydrogens (primary N) is 1. The first-order chi connectivity index (χ1) is 5.74. The van der Waals surface area contributed by atoms with Crippen LogP contribution in [0.1, 0.15) is 39.5 Å². The fourth-order valence-electron chi connectivity index (χ4n) is 2.00. The van der Waals surface area contributed by atoms with Crippen molar-refractivity contribution in [3.05, 3.63) is 11.6 Å². The zero-order valence-corrected chi connectivity index (χ0v) is 8.14. The maximum Gasteiger partial charge on any atom is 0.0421 e. The van der Waals surface area contributed by atoms with Gasteiger partial charge in [-0.25, -0.2) is 0 Å². The second-order valence-corrected chi connectivity index (χ2v) is 3.98. The Kier molecular flexibility index (Phi) is 3.76. The Balaban J connectivity index is 2.49. The van der Waals surface area contributed by atoms with Crippen molar-refractivity contribution in [3.63, 3.8) is 0 Å². The first-order valence-electron chi connectivity index (χ1n) is 4.85.